The van der Waals surface area contributed by atoms with Crippen LogP contribution in [0.3, 0.4) is 0 Å². The summed E-state index contributed by atoms with van der Waals surface area (Å²) in [5.41, 5.74) is 12.4. The molecule has 0 amide bonds. The number of rotatable bonds is 4. The number of nitrogens with zero attached hydrogens (tertiary/aromatic N) is 2. The van der Waals surface area contributed by atoms with Gasteiger partial charge in [0.05, 0.1) is 22.4 Å². The number of hydrogen-bond acceptors (Lipinski definition) is 2. The Balaban J connectivity index is 1.32. The third-order valence-corrected chi connectivity index (χ3v) is 11.5. The highest BCUT2D eigenvalue weighted by molar-refractivity contribution is 7.25. The van der Waals surface area contributed by atoms with E-state index < -0.39 is 0 Å². The number of aromatic nitrogens is 1. The van der Waals surface area contributed by atoms with E-state index in [9.17, 15) is 0 Å². The van der Waals surface area contributed by atoms with Crippen LogP contribution in [0.4, 0.5) is 17.1 Å². The maximum atomic E-state index is 2.54. The van der Waals surface area contributed by atoms with Gasteiger partial charge >= 0.3 is 0 Å². The molecule has 0 radical (unpaired) electrons. The molecule has 0 aliphatic heterocycles. The Labute approximate surface area is 283 Å². The molecule has 7 aromatic carbocycles. The van der Waals surface area contributed by atoms with Crippen LogP contribution in [0.1, 0.15) is 25.0 Å². The summed E-state index contributed by atoms with van der Waals surface area (Å²) in [7, 11) is 0. The number of fused-ring (bicyclic) bond motifs is 9. The lowest BCUT2D eigenvalue weighted by Gasteiger charge is -2.32. The van der Waals surface area contributed by atoms with E-state index in [0.717, 1.165) is 5.69 Å². The first kappa shape index (κ1) is 27.5. The summed E-state index contributed by atoms with van der Waals surface area (Å²) in [5, 5.41) is 5.12. The normalized spacial score (nSPS) is 13.4. The molecule has 0 spiro atoms. The van der Waals surface area contributed by atoms with Crippen molar-refractivity contribution in [2.24, 2.45) is 0 Å². The molecule has 3 heteroatoms. The zero-order valence-corrected chi connectivity index (χ0v) is 27.6. The van der Waals surface area contributed by atoms with Crippen LogP contribution >= 0.6 is 11.3 Å². The van der Waals surface area contributed by atoms with Gasteiger partial charge in [-0.1, -0.05) is 117 Å². The molecule has 1 aliphatic carbocycles. The van der Waals surface area contributed by atoms with E-state index in [1.165, 1.54) is 81.3 Å². The van der Waals surface area contributed by atoms with Gasteiger partial charge in [-0.25, -0.2) is 0 Å². The van der Waals surface area contributed by atoms with Gasteiger partial charge in [0.25, 0.3) is 0 Å². The molecule has 10 rings (SSSR count). The van der Waals surface area contributed by atoms with Crippen molar-refractivity contribution in [2.75, 3.05) is 4.90 Å². The van der Waals surface area contributed by atoms with Crippen molar-refractivity contribution in [1.29, 1.82) is 0 Å². The molecular weight excluding hydrogens is 601 g/mol. The number of thiophene rings is 1. The van der Waals surface area contributed by atoms with E-state index in [0.29, 0.717) is 0 Å². The van der Waals surface area contributed by atoms with Gasteiger partial charge in [-0.3, -0.25) is 0 Å². The molecule has 0 saturated carbocycles. The zero-order valence-electron chi connectivity index (χ0n) is 26.8. The maximum absolute atomic E-state index is 2.54. The summed E-state index contributed by atoms with van der Waals surface area (Å²) in [5.74, 6) is 0. The van der Waals surface area contributed by atoms with Crippen LogP contribution in [0.25, 0.3) is 58.8 Å². The molecule has 9 aromatic rings. The van der Waals surface area contributed by atoms with Crippen LogP contribution in [-0.4, -0.2) is 4.57 Å². The number of hydrogen-bond donors (Lipinski definition) is 0. The topological polar surface area (TPSA) is 8.17 Å². The van der Waals surface area contributed by atoms with Crippen molar-refractivity contribution >= 4 is 70.4 Å². The van der Waals surface area contributed by atoms with Crippen molar-refractivity contribution in [3.8, 4) is 16.8 Å². The molecule has 2 aromatic heterocycles. The summed E-state index contributed by atoms with van der Waals surface area (Å²) in [6, 6.07) is 58.0. The van der Waals surface area contributed by atoms with Gasteiger partial charge in [0.2, 0.25) is 0 Å². The number of para-hydroxylation sites is 2. The van der Waals surface area contributed by atoms with Crippen molar-refractivity contribution in [3.63, 3.8) is 0 Å². The monoisotopic (exact) mass is 632 g/mol. The summed E-state index contributed by atoms with van der Waals surface area (Å²) >= 11 is 1.88. The fourth-order valence-electron chi connectivity index (χ4n) is 8.31. The number of anilines is 3. The largest absolute Gasteiger partial charge is 0.309 e. The lowest BCUT2D eigenvalue weighted by molar-refractivity contribution is 0.661. The molecule has 228 valence electrons. The highest BCUT2D eigenvalue weighted by Crippen LogP contribution is 2.55. The Hall–Kier alpha value is -5.64. The quantitative estimate of drug-likeness (QED) is 0.187. The van der Waals surface area contributed by atoms with Gasteiger partial charge in [-0.2, -0.15) is 0 Å². The Morgan fingerprint density at radius 1 is 0.521 bits per heavy atom. The number of benzene rings is 7. The average molecular weight is 633 g/mol. The molecular formula is C45H32N2S. The van der Waals surface area contributed by atoms with E-state index in [4.69, 9.17) is 0 Å². The minimum Gasteiger partial charge on any atom is -0.309 e. The van der Waals surface area contributed by atoms with Crippen molar-refractivity contribution < 1.29 is 0 Å². The maximum Gasteiger partial charge on any atom is 0.0562 e. The fourth-order valence-corrected chi connectivity index (χ4v) is 9.45. The van der Waals surface area contributed by atoms with Crippen LogP contribution in [0, 0.1) is 0 Å². The van der Waals surface area contributed by atoms with Gasteiger partial charge in [-0.15, -0.1) is 11.3 Å². The van der Waals surface area contributed by atoms with Crippen molar-refractivity contribution in [1.82, 2.24) is 4.57 Å². The van der Waals surface area contributed by atoms with Crippen LogP contribution < -0.4 is 4.90 Å². The van der Waals surface area contributed by atoms with Gasteiger partial charge in [0.15, 0.2) is 0 Å². The van der Waals surface area contributed by atoms with Crippen LogP contribution in [-0.2, 0) is 5.41 Å². The fraction of sp³-hybridized carbons (Fsp3) is 0.0667. The molecule has 1 aliphatic rings. The van der Waals surface area contributed by atoms with Crippen molar-refractivity contribution in [3.05, 3.63) is 169 Å². The molecule has 0 N–H and O–H groups in total. The minimum absolute atomic E-state index is 0.172. The van der Waals surface area contributed by atoms with E-state index in [1.807, 2.05) is 11.3 Å². The lowest BCUT2D eigenvalue weighted by atomic mass is 9.81. The van der Waals surface area contributed by atoms with E-state index >= 15 is 0 Å². The van der Waals surface area contributed by atoms with E-state index in [1.54, 1.807) is 0 Å². The Kier molecular flexibility index (Phi) is 5.82. The second kappa shape index (κ2) is 10.2. The van der Waals surface area contributed by atoms with Gasteiger partial charge in [0, 0.05) is 47.7 Å². The SMILES string of the molecule is CC1(C)c2ccccc2-c2cccc(N(c3ccc4c(c3)sc3ccccc34)c3cccc4c3c3ccccc3n4-c3ccccc3)c21. The second-order valence-corrected chi connectivity index (χ2v) is 14.4. The van der Waals surface area contributed by atoms with Gasteiger partial charge in [0.1, 0.15) is 0 Å². The molecule has 0 atom stereocenters. The summed E-state index contributed by atoms with van der Waals surface area (Å²) < 4.78 is 5.03. The summed E-state index contributed by atoms with van der Waals surface area (Å²) in [4.78, 5) is 2.54. The minimum atomic E-state index is -0.172. The first-order valence-corrected chi connectivity index (χ1v) is 17.4. The molecule has 2 nitrogen and oxygen atoms in total. The Morgan fingerprint density at radius 2 is 1.19 bits per heavy atom. The third-order valence-electron chi connectivity index (χ3n) is 10.4. The molecule has 0 saturated heterocycles. The second-order valence-electron chi connectivity index (χ2n) is 13.3. The molecule has 2 heterocycles. The standard InChI is InChI=1S/C45H32N2S/c1-45(2)36-20-9-6-16-31(36)34-19-12-24-40(44(34)45)47(30-26-27-33-32-17-8-11-25-41(32)48-42(33)28-30)39-23-13-22-38-43(39)35-18-7-10-21-37(35)46(38)29-14-4-3-5-15-29/h3-28H,1-2H3. The summed E-state index contributed by atoms with van der Waals surface area (Å²) in [6.07, 6.45) is 0. The first-order chi connectivity index (χ1) is 23.6. The van der Waals surface area contributed by atoms with Crippen LogP contribution in [0.15, 0.2) is 158 Å². The lowest BCUT2D eigenvalue weighted by Crippen LogP contribution is -2.20. The Bertz CT molecular complexity index is 2710. The molecule has 0 bridgehead atoms. The highest BCUT2D eigenvalue weighted by Gasteiger charge is 2.39. The predicted molar refractivity (Wildman–Crippen MR) is 206 cm³/mol. The molecule has 0 fully saturated rings. The van der Waals surface area contributed by atoms with E-state index in [-0.39, 0.29) is 5.41 Å². The predicted octanol–water partition coefficient (Wildman–Crippen LogP) is 12.9. The van der Waals surface area contributed by atoms with Crippen LogP contribution in [0.5, 0.6) is 0 Å². The summed E-state index contributed by atoms with van der Waals surface area (Å²) in [6.45, 7) is 4.77. The van der Waals surface area contributed by atoms with Gasteiger partial charge in [-0.05, 0) is 76.9 Å². The third kappa shape index (κ3) is 3.79. The van der Waals surface area contributed by atoms with Gasteiger partial charge < -0.3 is 9.47 Å². The van der Waals surface area contributed by atoms with Crippen molar-refractivity contribution in [2.45, 2.75) is 19.3 Å². The highest BCUT2D eigenvalue weighted by atomic mass is 32.1. The van der Waals surface area contributed by atoms with E-state index in [2.05, 4.69) is 181 Å². The average Bonchev–Trinajstić information content (AvgIpc) is 3.75. The first-order valence-electron chi connectivity index (χ1n) is 16.6. The Morgan fingerprint density at radius 3 is 2.08 bits per heavy atom. The van der Waals surface area contributed by atoms with Crippen LogP contribution in [0.2, 0.25) is 0 Å². The smallest absolute Gasteiger partial charge is 0.0562 e. The molecule has 48 heavy (non-hydrogen) atoms. The molecule has 0 unspecified atom stereocenters. The zero-order chi connectivity index (χ0) is 32.0.